The molecule has 1 atom stereocenters. The number of benzene rings is 1. The van der Waals surface area contributed by atoms with Crippen LogP contribution in [-0.4, -0.2) is 27.4 Å². The van der Waals surface area contributed by atoms with E-state index in [1.54, 1.807) is 6.33 Å². The maximum absolute atomic E-state index is 11.7. The molecule has 1 saturated heterocycles. The lowest BCUT2D eigenvalue weighted by Crippen LogP contribution is -2.47. The summed E-state index contributed by atoms with van der Waals surface area (Å²) in [7, 11) is 1.93. The normalized spacial score (nSPS) is 19.5. The molecule has 3 rings (SSSR count). The Labute approximate surface area is 109 Å². The van der Waals surface area contributed by atoms with E-state index in [-0.39, 0.29) is 17.9 Å². The number of hydrogen-bond donors (Lipinski definition) is 2. The number of anilines is 1. The van der Waals surface area contributed by atoms with Gasteiger partial charge < -0.3 is 9.88 Å². The zero-order valence-corrected chi connectivity index (χ0v) is 10.5. The van der Waals surface area contributed by atoms with Gasteiger partial charge in [0.25, 0.3) is 0 Å². The Balaban J connectivity index is 1.81. The molecular formula is C13H14N4O2. The van der Waals surface area contributed by atoms with Crippen LogP contribution in [0.3, 0.4) is 0 Å². The third-order valence-electron chi connectivity index (χ3n) is 3.31. The molecule has 19 heavy (non-hydrogen) atoms. The highest BCUT2D eigenvalue weighted by Crippen LogP contribution is 2.19. The van der Waals surface area contributed by atoms with E-state index in [4.69, 9.17) is 0 Å². The number of nitrogens with zero attached hydrogens (tertiary/aromatic N) is 2. The fourth-order valence-electron chi connectivity index (χ4n) is 2.26. The zero-order chi connectivity index (χ0) is 13.4. The first kappa shape index (κ1) is 11.7. The highest BCUT2D eigenvalue weighted by atomic mass is 16.2. The van der Waals surface area contributed by atoms with E-state index < -0.39 is 0 Å². The SMILES string of the molecule is Cn1cnc2cc(NC3CCC(=O)NC3=O)ccc21. The van der Waals surface area contributed by atoms with Crippen molar-refractivity contribution in [2.45, 2.75) is 18.9 Å². The van der Waals surface area contributed by atoms with E-state index >= 15 is 0 Å². The third kappa shape index (κ3) is 2.16. The molecule has 1 aliphatic heterocycles. The maximum atomic E-state index is 11.7. The van der Waals surface area contributed by atoms with Gasteiger partial charge in [-0.15, -0.1) is 0 Å². The number of amides is 2. The lowest BCUT2D eigenvalue weighted by atomic mass is 10.1. The Morgan fingerprint density at radius 3 is 3.05 bits per heavy atom. The second kappa shape index (κ2) is 4.38. The van der Waals surface area contributed by atoms with Crippen LogP contribution >= 0.6 is 0 Å². The predicted molar refractivity (Wildman–Crippen MR) is 70.5 cm³/mol. The molecule has 0 aliphatic carbocycles. The number of aryl methyl sites for hydroxylation is 1. The fourth-order valence-corrected chi connectivity index (χ4v) is 2.26. The first-order chi connectivity index (χ1) is 9.13. The number of nitrogens with one attached hydrogen (secondary N) is 2. The summed E-state index contributed by atoms with van der Waals surface area (Å²) in [5.74, 6) is -0.472. The van der Waals surface area contributed by atoms with Gasteiger partial charge in [0.2, 0.25) is 11.8 Å². The minimum absolute atomic E-state index is 0.205. The molecule has 1 unspecified atom stereocenters. The molecule has 0 radical (unpaired) electrons. The van der Waals surface area contributed by atoms with Gasteiger partial charge in [-0.3, -0.25) is 14.9 Å². The second-order valence-electron chi connectivity index (χ2n) is 4.71. The van der Waals surface area contributed by atoms with E-state index in [2.05, 4.69) is 15.6 Å². The van der Waals surface area contributed by atoms with Crippen LogP contribution in [0.5, 0.6) is 0 Å². The topological polar surface area (TPSA) is 76.0 Å². The van der Waals surface area contributed by atoms with Gasteiger partial charge in [0, 0.05) is 19.2 Å². The summed E-state index contributed by atoms with van der Waals surface area (Å²) in [6.45, 7) is 0. The van der Waals surface area contributed by atoms with Crippen molar-refractivity contribution >= 4 is 28.5 Å². The molecule has 1 aliphatic rings. The number of carbonyl (C=O) groups excluding carboxylic acids is 2. The van der Waals surface area contributed by atoms with Gasteiger partial charge in [0.1, 0.15) is 6.04 Å². The van der Waals surface area contributed by atoms with Crippen LogP contribution < -0.4 is 10.6 Å². The van der Waals surface area contributed by atoms with Crippen molar-refractivity contribution in [1.29, 1.82) is 0 Å². The molecule has 2 aromatic rings. The lowest BCUT2D eigenvalue weighted by Gasteiger charge is -2.22. The summed E-state index contributed by atoms with van der Waals surface area (Å²) in [6.07, 6.45) is 2.64. The van der Waals surface area contributed by atoms with E-state index in [9.17, 15) is 9.59 Å². The summed E-state index contributed by atoms with van der Waals surface area (Å²) >= 11 is 0. The number of imidazole rings is 1. The average Bonchev–Trinajstić information content (AvgIpc) is 2.74. The van der Waals surface area contributed by atoms with Gasteiger partial charge >= 0.3 is 0 Å². The van der Waals surface area contributed by atoms with Crippen LogP contribution in [0.1, 0.15) is 12.8 Å². The zero-order valence-electron chi connectivity index (χ0n) is 10.5. The minimum atomic E-state index is -0.362. The molecule has 1 fully saturated rings. The highest BCUT2D eigenvalue weighted by molar-refractivity contribution is 6.01. The first-order valence-electron chi connectivity index (χ1n) is 6.15. The molecule has 6 heteroatoms. The van der Waals surface area contributed by atoms with Gasteiger partial charge in [0.15, 0.2) is 0 Å². The molecule has 2 N–H and O–H groups in total. The highest BCUT2D eigenvalue weighted by Gasteiger charge is 2.26. The Morgan fingerprint density at radius 1 is 1.42 bits per heavy atom. The molecule has 2 heterocycles. The molecule has 0 spiro atoms. The van der Waals surface area contributed by atoms with Crippen molar-refractivity contribution in [3.05, 3.63) is 24.5 Å². The second-order valence-corrected chi connectivity index (χ2v) is 4.71. The smallest absolute Gasteiger partial charge is 0.249 e. The summed E-state index contributed by atoms with van der Waals surface area (Å²) in [5, 5.41) is 5.47. The Morgan fingerprint density at radius 2 is 2.26 bits per heavy atom. The van der Waals surface area contributed by atoms with Gasteiger partial charge in [-0.2, -0.15) is 0 Å². The Kier molecular flexibility index (Phi) is 2.70. The van der Waals surface area contributed by atoms with Gasteiger partial charge in [0.05, 0.1) is 17.4 Å². The first-order valence-corrected chi connectivity index (χ1v) is 6.15. The largest absolute Gasteiger partial charge is 0.374 e. The molecule has 6 nitrogen and oxygen atoms in total. The van der Waals surface area contributed by atoms with Gasteiger partial charge in [-0.1, -0.05) is 0 Å². The predicted octanol–water partition coefficient (Wildman–Crippen LogP) is 0.790. The quantitative estimate of drug-likeness (QED) is 0.781. The van der Waals surface area contributed by atoms with Gasteiger partial charge in [-0.25, -0.2) is 4.98 Å². The lowest BCUT2D eigenvalue weighted by molar-refractivity contribution is -0.133. The number of carbonyl (C=O) groups is 2. The van der Waals surface area contributed by atoms with Crippen molar-refractivity contribution in [2.24, 2.45) is 7.05 Å². The van der Waals surface area contributed by atoms with Crippen molar-refractivity contribution in [3.8, 4) is 0 Å². The minimum Gasteiger partial charge on any atom is -0.374 e. The van der Waals surface area contributed by atoms with Crippen molar-refractivity contribution in [2.75, 3.05) is 5.32 Å². The van der Waals surface area contributed by atoms with Gasteiger partial charge in [-0.05, 0) is 24.6 Å². The van der Waals surface area contributed by atoms with E-state index in [0.29, 0.717) is 12.8 Å². The Bertz CT molecular complexity index is 662. The number of hydrogen-bond acceptors (Lipinski definition) is 4. The number of aromatic nitrogens is 2. The van der Waals surface area contributed by atoms with E-state index in [1.807, 2.05) is 29.8 Å². The number of rotatable bonds is 2. The van der Waals surface area contributed by atoms with Crippen LogP contribution in [0.25, 0.3) is 11.0 Å². The monoisotopic (exact) mass is 258 g/mol. The summed E-state index contributed by atoms with van der Waals surface area (Å²) < 4.78 is 1.94. The number of piperidine rings is 1. The van der Waals surface area contributed by atoms with E-state index in [0.717, 1.165) is 16.7 Å². The van der Waals surface area contributed by atoms with Crippen molar-refractivity contribution < 1.29 is 9.59 Å². The van der Waals surface area contributed by atoms with Crippen molar-refractivity contribution in [3.63, 3.8) is 0 Å². The fraction of sp³-hybridized carbons (Fsp3) is 0.308. The summed E-state index contributed by atoms with van der Waals surface area (Å²) in [6, 6.07) is 5.41. The molecule has 1 aromatic heterocycles. The standard InChI is InChI=1S/C13H14N4O2/c1-17-7-14-10-6-8(2-4-11(10)17)15-9-3-5-12(18)16-13(9)19/h2,4,6-7,9,15H,3,5H2,1H3,(H,16,18,19). The molecule has 1 aromatic carbocycles. The van der Waals surface area contributed by atoms with Crippen LogP contribution in [0.4, 0.5) is 5.69 Å². The molecule has 2 amide bonds. The third-order valence-corrected chi connectivity index (χ3v) is 3.31. The van der Waals surface area contributed by atoms with Crippen LogP contribution in [0.15, 0.2) is 24.5 Å². The number of imide groups is 1. The number of fused-ring (bicyclic) bond motifs is 1. The van der Waals surface area contributed by atoms with E-state index in [1.165, 1.54) is 0 Å². The summed E-state index contributed by atoms with van der Waals surface area (Å²) in [4.78, 5) is 27.0. The van der Waals surface area contributed by atoms with Crippen LogP contribution in [0, 0.1) is 0 Å². The summed E-state index contributed by atoms with van der Waals surface area (Å²) in [5.41, 5.74) is 2.74. The molecular weight excluding hydrogens is 244 g/mol. The Hall–Kier alpha value is -2.37. The van der Waals surface area contributed by atoms with Crippen LogP contribution in [0.2, 0.25) is 0 Å². The van der Waals surface area contributed by atoms with Crippen LogP contribution in [-0.2, 0) is 16.6 Å². The average molecular weight is 258 g/mol. The molecule has 0 bridgehead atoms. The molecule has 0 saturated carbocycles. The molecule has 98 valence electrons. The van der Waals surface area contributed by atoms with Crippen molar-refractivity contribution in [1.82, 2.24) is 14.9 Å². The maximum Gasteiger partial charge on any atom is 0.249 e.